The minimum atomic E-state index is -0.952. The normalized spacial score (nSPS) is 15.2. The highest BCUT2D eigenvalue weighted by atomic mass is 16.5. The summed E-state index contributed by atoms with van der Waals surface area (Å²) in [6, 6.07) is 9.61. The third-order valence-corrected chi connectivity index (χ3v) is 3.56. The van der Waals surface area contributed by atoms with Gasteiger partial charge in [0, 0.05) is 0 Å². The number of rotatable bonds is 9. The minimum absolute atomic E-state index is 0.112. The molecule has 0 aliphatic heterocycles. The van der Waals surface area contributed by atoms with Crippen molar-refractivity contribution in [1.82, 2.24) is 5.32 Å². The monoisotopic (exact) mass is 293 g/mol. The van der Waals surface area contributed by atoms with E-state index >= 15 is 0 Å². The molecule has 4 heteroatoms. The second-order valence-corrected chi connectivity index (χ2v) is 5.20. The molecule has 0 saturated carbocycles. The molecule has 0 aliphatic carbocycles. The van der Waals surface area contributed by atoms with E-state index in [0.717, 1.165) is 18.4 Å². The second kappa shape index (κ2) is 8.80. The summed E-state index contributed by atoms with van der Waals surface area (Å²) in [6.07, 6.45) is 2.14. The molecule has 118 valence electrons. The van der Waals surface area contributed by atoms with Crippen LogP contribution in [0, 0.1) is 0 Å². The smallest absolute Gasteiger partial charge is 0.333 e. The first-order valence-electron chi connectivity index (χ1n) is 7.61. The zero-order valence-corrected chi connectivity index (χ0v) is 13.5. The van der Waals surface area contributed by atoms with Crippen LogP contribution in [0.25, 0.3) is 0 Å². The van der Waals surface area contributed by atoms with Gasteiger partial charge in [0.25, 0.3) is 0 Å². The van der Waals surface area contributed by atoms with E-state index in [1.807, 2.05) is 44.2 Å². The fourth-order valence-electron chi connectivity index (χ4n) is 2.44. The van der Waals surface area contributed by atoms with Crippen LogP contribution in [-0.4, -0.2) is 32.3 Å². The van der Waals surface area contributed by atoms with E-state index in [1.54, 1.807) is 0 Å². The molecule has 1 rings (SSSR count). The van der Waals surface area contributed by atoms with E-state index in [0.29, 0.717) is 6.54 Å². The summed E-state index contributed by atoms with van der Waals surface area (Å²) in [5.74, 6) is -0.320. The van der Waals surface area contributed by atoms with Gasteiger partial charge in [-0.2, -0.15) is 0 Å². The number of methoxy groups -OCH3 is 1. The van der Waals surface area contributed by atoms with Crippen LogP contribution < -0.4 is 5.32 Å². The van der Waals surface area contributed by atoms with Gasteiger partial charge in [-0.05, 0) is 25.5 Å². The molecule has 1 N–H and O–H groups in total. The summed E-state index contributed by atoms with van der Waals surface area (Å²) in [7, 11) is 1.41. The Morgan fingerprint density at radius 1 is 1.29 bits per heavy atom. The molecule has 0 aliphatic rings. The van der Waals surface area contributed by atoms with Crippen LogP contribution in [0.2, 0.25) is 0 Å². The van der Waals surface area contributed by atoms with Crippen LogP contribution in [0.3, 0.4) is 0 Å². The summed E-state index contributed by atoms with van der Waals surface area (Å²) in [5, 5.41) is 3.26. The third kappa shape index (κ3) is 4.55. The van der Waals surface area contributed by atoms with Crippen LogP contribution in [0.15, 0.2) is 30.3 Å². The summed E-state index contributed by atoms with van der Waals surface area (Å²) in [6.45, 7) is 7.03. The Morgan fingerprint density at radius 2 is 1.95 bits per heavy atom. The molecule has 0 bridgehead atoms. The number of hydrogen-bond acceptors (Lipinski definition) is 4. The van der Waals surface area contributed by atoms with Crippen molar-refractivity contribution < 1.29 is 14.3 Å². The third-order valence-electron chi connectivity index (χ3n) is 3.56. The molecule has 0 radical (unpaired) electrons. The number of likely N-dealkylation sites (N-methyl/N-ethyl adjacent to an activating group) is 1. The molecular formula is C17H27NO3. The van der Waals surface area contributed by atoms with Crippen molar-refractivity contribution in [2.24, 2.45) is 0 Å². The van der Waals surface area contributed by atoms with Crippen LogP contribution in [0.5, 0.6) is 0 Å². The van der Waals surface area contributed by atoms with E-state index < -0.39 is 5.54 Å². The maximum Gasteiger partial charge on any atom is 0.333 e. The van der Waals surface area contributed by atoms with Gasteiger partial charge in [0.15, 0.2) is 5.54 Å². The largest absolute Gasteiger partial charge is 0.467 e. The minimum Gasteiger partial charge on any atom is -0.467 e. The Balaban J connectivity index is 3.04. The van der Waals surface area contributed by atoms with Crippen LogP contribution >= 0.6 is 0 Å². The zero-order valence-electron chi connectivity index (χ0n) is 13.5. The van der Waals surface area contributed by atoms with Gasteiger partial charge in [-0.1, -0.05) is 50.6 Å². The number of esters is 1. The van der Waals surface area contributed by atoms with Crippen molar-refractivity contribution in [2.75, 3.05) is 20.3 Å². The number of hydrogen-bond donors (Lipinski definition) is 1. The van der Waals surface area contributed by atoms with Gasteiger partial charge in [-0.15, -0.1) is 0 Å². The Morgan fingerprint density at radius 3 is 2.48 bits per heavy atom. The average molecular weight is 293 g/mol. The number of nitrogens with one attached hydrogen (secondary N) is 1. The molecule has 2 atom stereocenters. The quantitative estimate of drug-likeness (QED) is 0.711. The van der Waals surface area contributed by atoms with Gasteiger partial charge in [0.1, 0.15) is 0 Å². The van der Waals surface area contributed by atoms with E-state index in [9.17, 15) is 4.79 Å². The maximum atomic E-state index is 12.4. The van der Waals surface area contributed by atoms with Gasteiger partial charge in [-0.3, -0.25) is 5.32 Å². The lowest BCUT2D eigenvalue weighted by molar-refractivity contribution is -0.153. The summed E-state index contributed by atoms with van der Waals surface area (Å²) in [5.41, 5.74) is -0.0883. The molecule has 0 spiro atoms. The summed E-state index contributed by atoms with van der Waals surface area (Å²) < 4.78 is 10.9. The van der Waals surface area contributed by atoms with Gasteiger partial charge < -0.3 is 9.47 Å². The molecule has 4 nitrogen and oxygen atoms in total. The molecule has 0 heterocycles. The predicted octanol–water partition coefficient (Wildman–Crippen LogP) is 2.87. The van der Waals surface area contributed by atoms with Crippen LogP contribution in [-0.2, 0) is 19.8 Å². The molecule has 2 unspecified atom stereocenters. The Labute approximate surface area is 127 Å². The SMILES string of the molecule is CCCC(C)OCC(NCC)(C(=O)OC)c1ccccc1. The number of carbonyl (C=O) groups is 1. The first kappa shape index (κ1) is 17.7. The highest BCUT2D eigenvalue weighted by molar-refractivity contribution is 5.82. The summed E-state index contributed by atoms with van der Waals surface area (Å²) in [4.78, 5) is 12.4. The lowest BCUT2D eigenvalue weighted by Gasteiger charge is -2.33. The van der Waals surface area contributed by atoms with E-state index in [-0.39, 0.29) is 18.7 Å². The highest BCUT2D eigenvalue weighted by Gasteiger charge is 2.41. The fraction of sp³-hybridized carbons (Fsp3) is 0.588. The van der Waals surface area contributed by atoms with Crippen molar-refractivity contribution in [3.05, 3.63) is 35.9 Å². The molecule has 0 amide bonds. The lowest BCUT2D eigenvalue weighted by Crippen LogP contribution is -2.53. The van der Waals surface area contributed by atoms with Crippen molar-refractivity contribution in [3.63, 3.8) is 0 Å². The predicted molar refractivity (Wildman–Crippen MR) is 84.1 cm³/mol. The lowest BCUT2D eigenvalue weighted by atomic mass is 9.90. The number of benzene rings is 1. The van der Waals surface area contributed by atoms with Crippen LogP contribution in [0.4, 0.5) is 0 Å². The van der Waals surface area contributed by atoms with Gasteiger partial charge in [0.2, 0.25) is 0 Å². The first-order chi connectivity index (χ1) is 10.1. The molecular weight excluding hydrogens is 266 g/mol. The zero-order chi connectivity index (χ0) is 15.7. The molecule has 21 heavy (non-hydrogen) atoms. The van der Waals surface area contributed by atoms with Crippen molar-refractivity contribution in [2.45, 2.75) is 45.3 Å². The number of ether oxygens (including phenoxy) is 2. The molecule has 1 aromatic rings. The molecule has 0 saturated heterocycles. The van der Waals surface area contributed by atoms with Gasteiger partial charge in [-0.25, -0.2) is 4.79 Å². The second-order valence-electron chi connectivity index (χ2n) is 5.20. The standard InChI is InChI=1S/C17H27NO3/c1-5-10-14(3)21-13-17(18-6-2,16(19)20-4)15-11-8-7-9-12-15/h7-9,11-12,14,18H,5-6,10,13H2,1-4H3. The fourth-order valence-corrected chi connectivity index (χ4v) is 2.44. The first-order valence-corrected chi connectivity index (χ1v) is 7.61. The highest BCUT2D eigenvalue weighted by Crippen LogP contribution is 2.24. The summed E-state index contributed by atoms with van der Waals surface area (Å²) >= 11 is 0. The number of carbonyl (C=O) groups excluding carboxylic acids is 1. The molecule has 1 aromatic carbocycles. The molecule has 0 fully saturated rings. The van der Waals surface area contributed by atoms with Crippen molar-refractivity contribution in [1.29, 1.82) is 0 Å². The van der Waals surface area contributed by atoms with E-state index in [4.69, 9.17) is 9.47 Å². The van der Waals surface area contributed by atoms with Gasteiger partial charge in [0.05, 0.1) is 19.8 Å². The van der Waals surface area contributed by atoms with Crippen molar-refractivity contribution >= 4 is 5.97 Å². The molecule has 0 aromatic heterocycles. The Bertz CT molecular complexity index is 421. The Hall–Kier alpha value is -1.39. The van der Waals surface area contributed by atoms with Gasteiger partial charge >= 0.3 is 5.97 Å². The van der Waals surface area contributed by atoms with E-state index in [1.165, 1.54) is 7.11 Å². The van der Waals surface area contributed by atoms with Crippen LogP contribution in [0.1, 0.15) is 39.2 Å². The maximum absolute atomic E-state index is 12.4. The van der Waals surface area contributed by atoms with Crippen molar-refractivity contribution in [3.8, 4) is 0 Å². The average Bonchev–Trinajstić information content (AvgIpc) is 2.52. The van der Waals surface area contributed by atoms with E-state index in [2.05, 4.69) is 12.2 Å². The topological polar surface area (TPSA) is 47.6 Å². The Kier molecular flexibility index (Phi) is 7.40.